The summed E-state index contributed by atoms with van der Waals surface area (Å²) in [6.45, 7) is 0.208. The first-order chi connectivity index (χ1) is 11.2. The van der Waals surface area contributed by atoms with Gasteiger partial charge in [0.2, 0.25) is 0 Å². The van der Waals surface area contributed by atoms with Crippen LogP contribution < -0.4 is 0 Å². The van der Waals surface area contributed by atoms with Crippen molar-refractivity contribution in [3.63, 3.8) is 0 Å². The Balaban J connectivity index is 2.00. The second-order valence-electron chi connectivity index (χ2n) is 5.36. The smallest absolute Gasteiger partial charge is 0.310 e. The molecular formula is C19H19ClO3. The van der Waals surface area contributed by atoms with Gasteiger partial charge < -0.3 is 4.74 Å². The summed E-state index contributed by atoms with van der Waals surface area (Å²) < 4.78 is 5.37. The molecule has 0 amide bonds. The SMILES string of the molecule is O=C(CCl)C[C@@H](Cc1ccccc1)C(=O)OCc1ccccc1. The molecule has 0 aromatic heterocycles. The number of esters is 1. The van der Waals surface area contributed by atoms with Gasteiger partial charge in [0, 0.05) is 6.42 Å². The average Bonchev–Trinajstić information content (AvgIpc) is 2.60. The molecule has 4 heteroatoms. The molecule has 0 bridgehead atoms. The van der Waals surface area contributed by atoms with Crippen molar-refractivity contribution >= 4 is 23.4 Å². The third-order valence-electron chi connectivity index (χ3n) is 3.51. The first-order valence-electron chi connectivity index (χ1n) is 7.51. The van der Waals surface area contributed by atoms with Gasteiger partial charge in [-0.15, -0.1) is 11.6 Å². The van der Waals surface area contributed by atoms with Crippen LogP contribution in [0.1, 0.15) is 17.5 Å². The summed E-state index contributed by atoms with van der Waals surface area (Å²) in [6.07, 6.45) is 0.573. The summed E-state index contributed by atoms with van der Waals surface area (Å²) in [6, 6.07) is 19.1. The predicted molar refractivity (Wildman–Crippen MR) is 90.2 cm³/mol. The van der Waals surface area contributed by atoms with Gasteiger partial charge in [-0.25, -0.2) is 0 Å². The van der Waals surface area contributed by atoms with Gasteiger partial charge in [-0.05, 0) is 17.5 Å². The van der Waals surface area contributed by atoms with Gasteiger partial charge in [-0.1, -0.05) is 60.7 Å². The standard InChI is InChI=1S/C19H19ClO3/c20-13-18(21)12-17(11-15-7-3-1-4-8-15)19(22)23-14-16-9-5-2-6-10-16/h1-10,17H,11-14H2/t17-/m1/s1. The number of halogens is 1. The Morgan fingerprint density at radius 2 is 1.48 bits per heavy atom. The second-order valence-corrected chi connectivity index (χ2v) is 5.62. The van der Waals surface area contributed by atoms with Gasteiger partial charge in [-0.2, -0.15) is 0 Å². The molecule has 2 aromatic rings. The maximum atomic E-state index is 12.4. The molecule has 0 fully saturated rings. The topological polar surface area (TPSA) is 43.4 Å². The first-order valence-corrected chi connectivity index (χ1v) is 8.04. The van der Waals surface area contributed by atoms with Crippen LogP contribution in [0, 0.1) is 5.92 Å². The minimum atomic E-state index is -0.507. The van der Waals surface area contributed by atoms with Crippen LogP contribution in [-0.2, 0) is 27.4 Å². The van der Waals surface area contributed by atoms with E-state index in [1.54, 1.807) is 0 Å². The molecule has 0 aliphatic carbocycles. The lowest BCUT2D eigenvalue weighted by Crippen LogP contribution is -2.23. The summed E-state index contributed by atoms with van der Waals surface area (Å²) in [4.78, 5) is 24.0. The van der Waals surface area contributed by atoms with E-state index in [-0.39, 0.29) is 30.7 Å². The fourth-order valence-corrected chi connectivity index (χ4v) is 2.42. The predicted octanol–water partition coefficient (Wildman–Crippen LogP) is 3.79. The Morgan fingerprint density at radius 1 is 0.913 bits per heavy atom. The van der Waals surface area contributed by atoms with Gasteiger partial charge in [0.05, 0.1) is 11.8 Å². The number of rotatable bonds is 8. The number of hydrogen-bond donors (Lipinski definition) is 0. The zero-order chi connectivity index (χ0) is 16.5. The van der Waals surface area contributed by atoms with E-state index in [0.717, 1.165) is 11.1 Å². The van der Waals surface area contributed by atoms with Crippen molar-refractivity contribution in [2.24, 2.45) is 5.92 Å². The molecule has 1 atom stereocenters. The second kappa shape index (κ2) is 9.11. The quantitative estimate of drug-likeness (QED) is 0.546. The van der Waals surface area contributed by atoms with Crippen LogP contribution in [0.5, 0.6) is 0 Å². The highest BCUT2D eigenvalue weighted by Gasteiger charge is 2.23. The average molecular weight is 331 g/mol. The maximum Gasteiger partial charge on any atom is 0.310 e. The molecule has 2 rings (SSSR count). The van der Waals surface area contributed by atoms with Crippen LogP contribution in [-0.4, -0.2) is 17.6 Å². The van der Waals surface area contributed by atoms with Crippen LogP contribution in [0.4, 0.5) is 0 Å². The molecule has 23 heavy (non-hydrogen) atoms. The van der Waals surface area contributed by atoms with Crippen molar-refractivity contribution in [2.45, 2.75) is 19.4 Å². The van der Waals surface area contributed by atoms with Crippen LogP contribution in [0.3, 0.4) is 0 Å². The number of ether oxygens (including phenoxy) is 1. The highest BCUT2D eigenvalue weighted by Crippen LogP contribution is 2.16. The third-order valence-corrected chi connectivity index (χ3v) is 3.80. The van der Waals surface area contributed by atoms with Crippen molar-refractivity contribution in [3.05, 3.63) is 71.8 Å². The van der Waals surface area contributed by atoms with Crippen molar-refractivity contribution in [1.29, 1.82) is 0 Å². The summed E-state index contributed by atoms with van der Waals surface area (Å²) in [5.41, 5.74) is 1.92. The van der Waals surface area contributed by atoms with Gasteiger partial charge in [-0.3, -0.25) is 9.59 Å². The Kier molecular flexibility index (Phi) is 6.82. The molecule has 0 saturated carbocycles. The highest BCUT2D eigenvalue weighted by molar-refractivity contribution is 6.27. The van der Waals surface area contributed by atoms with E-state index in [9.17, 15) is 9.59 Å². The third kappa shape index (κ3) is 5.87. The molecular weight excluding hydrogens is 312 g/mol. The minimum absolute atomic E-state index is 0.0861. The highest BCUT2D eigenvalue weighted by atomic mass is 35.5. The molecule has 0 radical (unpaired) electrons. The number of hydrogen-bond acceptors (Lipinski definition) is 3. The first kappa shape index (κ1) is 17.2. The van der Waals surface area contributed by atoms with Gasteiger partial charge in [0.1, 0.15) is 12.4 Å². The fourth-order valence-electron chi connectivity index (χ4n) is 2.31. The van der Waals surface area contributed by atoms with Gasteiger partial charge in [0.15, 0.2) is 0 Å². The molecule has 0 N–H and O–H groups in total. The van der Waals surface area contributed by atoms with Crippen LogP contribution in [0.2, 0.25) is 0 Å². The van der Waals surface area contributed by atoms with E-state index in [1.807, 2.05) is 60.7 Å². The van der Waals surface area contributed by atoms with Crippen molar-refractivity contribution < 1.29 is 14.3 Å². The Bertz CT molecular complexity index is 626. The molecule has 0 aliphatic heterocycles. The zero-order valence-corrected chi connectivity index (χ0v) is 13.5. The Hall–Kier alpha value is -2.13. The van der Waals surface area contributed by atoms with E-state index in [0.29, 0.717) is 6.42 Å². The zero-order valence-electron chi connectivity index (χ0n) is 12.8. The summed E-state index contributed by atoms with van der Waals surface area (Å²) >= 11 is 5.58. The molecule has 120 valence electrons. The van der Waals surface area contributed by atoms with E-state index >= 15 is 0 Å². The lowest BCUT2D eigenvalue weighted by molar-refractivity contribution is -0.151. The monoisotopic (exact) mass is 330 g/mol. The van der Waals surface area contributed by atoms with Crippen LogP contribution >= 0.6 is 11.6 Å². The fraction of sp³-hybridized carbons (Fsp3) is 0.263. The number of carbonyl (C=O) groups is 2. The lowest BCUT2D eigenvalue weighted by Gasteiger charge is -2.15. The molecule has 2 aromatic carbocycles. The van der Waals surface area contributed by atoms with E-state index in [1.165, 1.54) is 0 Å². The van der Waals surface area contributed by atoms with Gasteiger partial charge >= 0.3 is 5.97 Å². The number of benzene rings is 2. The Labute approximate surface area is 141 Å². The normalized spacial score (nSPS) is 11.7. The van der Waals surface area contributed by atoms with Gasteiger partial charge in [0.25, 0.3) is 0 Å². The number of alkyl halides is 1. The summed E-state index contributed by atoms with van der Waals surface area (Å²) in [5.74, 6) is -1.11. The lowest BCUT2D eigenvalue weighted by atomic mass is 9.94. The summed E-state index contributed by atoms with van der Waals surface area (Å²) in [5, 5.41) is 0. The number of carbonyl (C=O) groups excluding carboxylic acids is 2. The Morgan fingerprint density at radius 3 is 2.04 bits per heavy atom. The molecule has 3 nitrogen and oxygen atoms in total. The largest absolute Gasteiger partial charge is 0.461 e. The van der Waals surface area contributed by atoms with Crippen molar-refractivity contribution in [2.75, 3.05) is 5.88 Å². The number of Topliss-reactive ketones (excluding diaryl/α,β-unsaturated/α-hetero) is 1. The molecule has 0 aliphatic rings. The maximum absolute atomic E-state index is 12.4. The molecule has 0 heterocycles. The van der Waals surface area contributed by atoms with Crippen molar-refractivity contribution in [3.8, 4) is 0 Å². The van der Waals surface area contributed by atoms with E-state index in [2.05, 4.69) is 0 Å². The number of ketones is 1. The molecule has 0 spiro atoms. The minimum Gasteiger partial charge on any atom is -0.461 e. The van der Waals surface area contributed by atoms with Crippen LogP contribution in [0.15, 0.2) is 60.7 Å². The van der Waals surface area contributed by atoms with Crippen LogP contribution in [0.25, 0.3) is 0 Å². The molecule has 0 saturated heterocycles. The van der Waals surface area contributed by atoms with E-state index in [4.69, 9.17) is 16.3 Å². The van der Waals surface area contributed by atoms with Crippen molar-refractivity contribution in [1.82, 2.24) is 0 Å². The summed E-state index contributed by atoms with van der Waals surface area (Å²) in [7, 11) is 0. The van der Waals surface area contributed by atoms with E-state index < -0.39 is 5.92 Å². The molecule has 0 unspecified atom stereocenters.